The average Bonchev–Trinajstić information content (AvgIpc) is 2.18. The van der Waals surface area contributed by atoms with Gasteiger partial charge in [-0.2, -0.15) is 13.2 Å². The Hall–Kier alpha value is -1.23. The summed E-state index contributed by atoms with van der Waals surface area (Å²) in [5.74, 6) is 0.436. The maximum Gasteiger partial charge on any atom is 0.406 e. The summed E-state index contributed by atoms with van der Waals surface area (Å²) in [7, 11) is 1.43. The van der Waals surface area contributed by atoms with Crippen molar-refractivity contribution in [1.82, 2.24) is 0 Å². The smallest absolute Gasteiger partial charge is 0.406 e. The number of ether oxygens (including phenoxy) is 1. The molecule has 2 N–H and O–H groups in total. The van der Waals surface area contributed by atoms with E-state index in [4.69, 9.17) is 10.5 Å². The van der Waals surface area contributed by atoms with E-state index in [0.717, 1.165) is 12.5 Å². The Labute approximate surface area is 98.6 Å². The normalized spacial score (nSPS) is 15.5. The van der Waals surface area contributed by atoms with Gasteiger partial charge in [0.05, 0.1) is 7.11 Å². The zero-order valence-corrected chi connectivity index (χ0v) is 10.1. The Morgan fingerprint density at radius 3 is 2.35 bits per heavy atom. The van der Waals surface area contributed by atoms with Crippen molar-refractivity contribution in [1.29, 1.82) is 0 Å². The maximum absolute atomic E-state index is 12.7. The number of halogens is 3. The number of methoxy groups -OCH3 is 1. The Balaban J connectivity index is 3.03. The molecule has 0 radical (unpaired) electrons. The standard InChI is InChI=1S/C12H16F3NO/c1-8-4-5-9(10(6-8)17-3)7-11(2,16)12(13,14)15/h4-6H,7,16H2,1-3H3. The van der Waals surface area contributed by atoms with Gasteiger partial charge in [0, 0.05) is 6.42 Å². The summed E-state index contributed by atoms with van der Waals surface area (Å²) in [4.78, 5) is 0. The molecule has 0 aromatic heterocycles. The second-order valence-corrected chi connectivity index (χ2v) is 4.41. The first-order valence-corrected chi connectivity index (χ1v) is 5.16. The SMILES string of the molecule is COc1cc(C)ccc1CC(C)(N)C(F)(F)F. The Bertz CT molecular complexity index is 399. The number of alkyl halides is 3. The molecule has 0 heterocycles. The molecule has 5 heteroatoms. The number of nitrogens with two attached hydrogens (primary N) is 1. The Morgan fingerprint density at radius 2 is 1.88 bits per heavy atom. The van der Waals surface area contributed by atoms with E-state index in [-0.39, 0.29) is 6.42 Å². The second-order valence-electron chi connectivity index (χ2n) is 4.41. The first-order valence-electron chi connectivity index (χ1n) is 5.16. The van der Waals surface area contributed by atoms with Gasteiger partial charge in [0.25, 0.3) is 0 Å². The molecule has 0 aliphatic carbocycles. The van der Waals surface area contributed by atoms with Gasteiger partial charge in [0.15, 0.2) is 0 Å². The molecular formula is C12H16F3NO. The summed E-state index contributed by atoms with van der Waals surface area (Å²) in [6.45, 7) is 2.82. The van der Waals surface area contributed by atoms with Crippen LogP contribution in [0.15, 0.2) is 18.2 Å². The van der Waals surface area contributed by atoms with Crippen LogP contribution in [0.25, 0.3) is 0 Å². The first-order chi connectivity index (χ1) is 7.67. The fraction of sp³-hybridized carbons (Fsp3) is 0.500. The van der Waals surface area contributed by atoms with Gasteiger partial charge in [0.1, 0.15) is 11.3 Å². The predicted octanol–water partition coefficient (Wildman–Crippen LogP) is 2.83. The van der Waals surface area contributed by atoms with Gasteiger partial charge < -0.3 is 10.5 Å². The summed E-state index contributed by atoms with van der Waals surface area (Å²) < 4.78 is 43.1. The van der Waals surface area contributed by atoms with Gasteiger partial charge in [-0.3, -0.25) is 0 Å². The van der Waals surface area contributed by atoms with Crippen molar-refractivity contribution in [2.75, 3.05) is 7.11 Å². The minimum absolute atomic E-state index is 0.306. The fourth-order valence-corrected chi connectivity index (χ4v) is 1.49. The summed E-state index contributed by atoms with van der Waals surface area (Å²) in [5, 5.41) is 0. The molecule has 1 rings (SSSR count). The number of benzene rings is 1. The third kappa shape index (κ3) is 3.12. The molecule has 0 fully saturated rings. The predicted molar refractivity (Wildman–Crippen MR) is 60.1 cm³/mol. The van der Waals surface area contributed by atoms with Crippen molar-refractivity contribution in [3.05, 3.63) is 29.3 Å². The highest BCUT2D eigenvalue weighted by Gasteiger charge is 2.48. The molecule has 0 aliphatic rings. The van der Waals surface area contributed by atoms with Gasteiger partial charge in [-0.1, -0.05) is 12.1 Å². The highest BCUT2D eigenvalue weighted by Crippen LogP contribution is 2.33. The van der Waals surface area contributed by atoms with Crippen molar-refractivity contribution in [2.24, 2.45) is 5.73 Å². The quantitative estimate of drug-likeness (QED) is 0.891. The van der Waals surface area contributed by atoms with Crippen molar-refractivity contribution < 1.29 is 17.9 Å². The van der Waals surface area contributed by atoms with E-state index in [1.807, 2.05) is 6.92 Å². The lowest BCUT2D eigenvalue weighted by Crippen LogP contribution is -2.52. The molecule has 0 saturated heterocycles. The summed E-state index contributed by atoms with van der Waals surface area (Å²) in [6.07, 6.45) is -4.75. The van der Waals surface area contributed by atoms with Crippen LogP contribution in [-0.2, 0) is 6.42 Å². The zero-order valence-electron chi connectivity index (χ0n) is 10.1. The van der Waals surface area contributed by atoms with Crippen LogP contribution in [0.3, 0.4) is 0 Å². The number of hydrogen-bond acceptors (Lipinski definition) is 2. The van der Waals surface area contributed by atoms with Crippen LogP contribution >= 0.6 is 0 Å². The van der Waals surface area contributed by atoms with Gasteiger partial charge in [-0.15, -0.1) is 0 Å². The average molecular weight is 247 g/mol. The topological polar surface area (TPSA) is 35.2 Å². The van der Waals surface area contributed by atoms with E-state index in [1.54, 1.807) is 18.2 Å². The highest BCUT2D eigenvalue weighted by molar-refractivity contribution is 5.38. The zero-order chi connectivity index (χ0) is 13.3. The molecule has 0 amide bonds. The fourth-order valence-electron chi connectivity index (χ4n) is 1.49. The molecule has 1 aromatic carbocycles. The maximum atomic E-state index is 12.7. The Kier molecular flexibility index (Phi) is 3.71. The van der Waals surface area contributed by atoms with Crippen LogP contribution in [0.2, 0.25) is 0 Å². The van der Waals surface area contributed by atoms with Crippen LogP contribution in [0.4, 0.5) is 13.2 Å². The molecule has 96 valence electrons. The van der Waals surface area contributed by atoms with Crippen molar-refractivity contribution in [3.63, 3.8) is 0 Å². The van der Waals surface area contributed by atoms with Gasteiger partial charge in [-0.05, 0) is 31.0 Å². The lowest BCUT2D eigenvalue weighted by molar-refractivity contribution is -0.180. The van der Waals surface area contributed by atoms with Gasteiger partial charge >= 0.3 is 6.18 Å². The van der Waals surface area contributed by atoms with E-state index in [0.29, 0.717) is 11.3 Å². The summed E-state index contributed by atoms with van der Waals surface area (Å²) in [6, 6.07) is 5.05. The first kappa shape index (κ1) is 13.8. The lowest BCUT2D eigenvalue weighted by Gasteiger charge is -2.28. The van der Waals surface area contributed by atoms with E-state index in [1.165, 1.54) is 7.11 Å². The number of aryl methyl sites for hydroxylation is 1. The van der Waals surface area contributed by atoms with Crippen LogP contribution < -0.4 is 10.5 Å². The van der Waals surface area contributed by atoms with E-state index < -0.39 is 11.7 Å². The molecule has 1 atom stereocenters. The monoisotopic (exact) mass is 247 g/mol. The minimum Gasteiger partial charge on any atom is -0.496 e. The van der Waals surface area contributed by atoms with Crippen LogP contribution in [0, 0.1) is 6.92 Å². The summed E-state index contributed by atoms with van der Waals surface area (Å²) in [5.41, 5.74) is 4.44. The van der Waals surface area contributed by atoms with Crippen LogP contribution in [-0.4, -0.2) is 18.8 Å². The molecule has 1 unspecified atom stereocenters. The van der Waals surface area contributed by atoms with Gasteiger partial charge in [0.2, 0.25) is 0 Å². The van der Waals surface area contributed by atoms with Crippen LogP contribution in [0.1, 0.15) is 18.1 Å². The number of hydrogen-bond donors (Lipinski definition) is 1. The minimum atomic E-state index is -4.44. The molecule has 1 aromatic rings. The molecule has 0 spiro atoms. The largest absolute Gasteiger partial charge is 0.496 e. The highest BCUT2D eigenvalue weighted by atomic mass is 19.4. The van der Waals surface area contributed by atoms with Crippen LogP contribution in [0.5, 0.6) is 5.75 Å². The number of rotatable bonds is 3. The second kappa shape index (κ2) is 4.56. The van der Waals surface area contributed by atoms with Crippen molar-refractivity contribution in [3.8, 4) is 5.75 Å². The van der Waals surface area contributed by atoms with Gasteiger partial charge in [-0.25, -0.2) is 0 Å². The molecule has 0 bridgehead atoms. The van der Waals surface area contributed by atoms with Crippen molar-refractivity contribution >= 4 is 0 Å². The molecule has 17 heavy (non-hydrogen) atoms. The molecular weight excluding hydrogens is 231 g/mol. The third-order valence-electron chi connectivity index (χ3n) is 2.65. The lowest BCUT2D eigenvalue weighted by atomic mass is 9.92. The van der Waals surface area contributed by atoms with E-state index in [9.17, 15) is 13.2 Å². The van der Waals surface area contributed by atoms with Crippen molar-refractivity contribution in [2.45, 2.75) is 32.0 Å². The third-order valence-corrected chi connectivity index (χ3v) is 2.65. The molecule has 2 nitrogen and oxygen atoms in total. The summed E-state index contributed by atoms with van der Waals surface area (Å²) >= 11 is 0. The Morgan fingerprint density at radius 1 is 1.29 bits per heavy atom. The molecule has 0 aliphatic heterocycles. The van der Waals surface area contributed by atoms with E-state index >= 15 is 0 Å². The molecule has 0 saturated carbocycles. The van der Waals surface area contributed by atoms with E-state index in [2.05, 4.69) is 0 Å².